The van der Waals surface area contributed by atoms with Crippen LogP contribution in [0.3, 0.4) is 0 Å². The molecule has 0 unspecified atom stereocenters. The Hall–Kier alpha value is -2.20. The minimum absolute atomic E-state index is 0.414. The number of anilines is 2. The van der Waals surface area contributed by atoms with Crippen LogP contribution in [0.25, 0.3) is 0 Å². The standard InChI is InChI=1S/C12H14N4/c1-15(2)11-5-9(7-13)10(8-14)6-12(11)16(3)4/h5-6H,1-4H3. The molecule has 0 bridgehead atoms. The van der Waals surface area contributed by atoms with Gasteiger partial charge in [-0.25, -0.2) is 0 Å². The van der Waals surface area contributed by atoms with E-state index in [-0.39, 0.29) is 0 Å². The minimum Gasteiger partial charge on any atom is -0.376 e. The van der Waals surface area contributed by atoms with E-state index in [1.165, 1.54) is 0 Å². The monoisotopic (exact) mass is 214 g/mol. The highest BCUT2D eigenvalue weighted by Gasteiger charge is 2.12. The summed E-state index contributed by atoms with van der Waals surface area (Å²) in [5.74, 6) is 0. The Morgan fingerprint density at radius 1 is 0.812 bits per heavy atom. The van der Waals surface area contributed by atoms with E-state index in [2.05, 4.69) is 0 Å². The van der Waals surface area contributed by atoms with E-state index in [0.717, 1.165) is 11.4 Å². The zero-order valence-electron chi connectivity index (χ0n) is 9.94. The molecule has 0 saturated heterocycles. The first-order valence-electron chi connectivity index (χ1n) is 4.84. The SMILES string of the molecule is CN(C)c1cc(C#N)c(C#N)cc1N(C)C. The molecule has 0 N–H and O–H groups in total. The number of nitrogens with zero attached hydrogens (tertiary/aromatic N) is 4. The summed E-state index contributed by atoms with van der Waals surface area (Å²) in [5.41, 5.74) is 2.69. The third-order valence-electron chi connectivity index (χ3n) is 2.32. The number of hydrogen-bond acceptors (Lipinski definition) is 4. The highest BCUT2D eigenvalue weighted by molar-refractivity contribution is 5.75. The highest BCUT2D eigenvalue weighted by Crippen LogP contribution is 2.29. The summed E-state index contributed by atoms with van der Waals surface area (Å²) in [5, 5.41) is 17.9. The van der Waals surface area contributed by atoms with Crippen LogP contribution in [0.2, 0.25) is 0 Å². The predicted molar refractivity (Wildman–Crippen MR) is 64.5 cm³/mol. The molecular weight excluding hydrogens is 200 g/mol. The zero-order chi connectivity index (χ0) is 12.3. The molecule has 1 rings (SSSR count). The van der Waals surface area contributed by atoms with Crippen LogP contribution in [0.15, 0.2) is 12.1 Å². The molecule has 1 aromatic rings. The van der Waals surface area contributed by atoms with Gasteiger partial charge in [-0.3, -0.25) is 0 Å². The third-order valence-corrected chi connectivity index (χ3v) is 2.32. The van der Waals surface area contributed by atoms with Gasteiger partial charge in [-0.15, -0.1) is 0 Å². The lowest BCUT2D eigenvalue weighted by atomic mass is 10.1. The van der Waals surface area contributed by atoms with Crippen molar-refractivity contribution in [2.45, 2.75) is 0 Å². The molecule has 0 aromatic heterocycles. The highest BCUT2D eigenvalue weighted by atomic mass is 15.1. The molecule has 0 amide bonds. The molecule has 0 aliphatic carbocycles. The Labute approximate surface area is 95.9 Å². The number of rotatable bonds is 2. The van der Waals surface area contributed by atoms with Crippen LogP contribution in [0.5, 0.6) is 0 Å². The third kappa shape index (κ3) is 2.07. The van der Waals surface area contributed by atoms with Crippen molar-refractivity contribution >= 4 is 11.4 Å². The minimum atomic E-state index is 0.414. The van der Waals surface area contributed by atoms with Crippen LogP contribution in [-0.4, -0.2) is 28.2 Å². The summed E-state index contributed by atoms with van der Waals surface area (Å²) in [7, 11) is 7.65. The number of nitriles is 2. The Morgan fingerprint density at radius 2 is 1.12 bits per heavy atom. The zero-order valence-corrected chi connectivity index (χ0v) is 9.94. The molecule has 0 saturated carbocycles. The molecule has 82 valence electrons. The van der Waals surface area contributed by atoms with E-state index in [1.807, 2.05) is 50.1 Å². The summed E-state index contributed by atoms with van der Waals surface area (Å²) in [6.45, 7) is 0. The van der Waals surface area contributed by atoms with Gasteiger partial charge in [0.15, 0.2) is 0 Å². The van der Waals surface area contributed by atoms with E-state index in [9.17, 15) is 0 Å². The maximum Gasteiger partial charge on any atom is 0.101 e. The lowest BCUT2D eigenvalue weighted by Gasteiger charge is -2.23. The van der Waals surface area contributed by atoms with Crippen molar-refractivity contribution in [1.82, 2.24) is 0 Å². The molecule has 0 fully saturated rings. The fourth-order valence-electron chi connectivity index (χ4n) is 1.48. The van der Waals surface area contributed by atoms with Crippen LogP contribution < -0.4 is 9.80 Å². The van der Waals surface area contributed by atoms with Gasteiger partial charge in [0.1, 0.15) is 12.1 Å². The van der Waals surface area contributed by atoms with Crippen LogP contribution in [0, 0.1) is 22.7 Å². The molecule has 1 aromatic carbocycles. The van der Waals surface area contributed by atoms with E-state index in [1.54, 1.807) is 12.1 Å². The Morgan fingerprint density at radius 3 is 1.31 bits per heavy atom. The number of hydrogen-bond donors (Lipinski definition) is 0. The van der Waals surface area contributed by atoms with E-state index >= 15 is 0 Å². The van der Waals surface area contributed by atoms with Crippen molar-refractivity contribution in [3.05, 3.63) is 23.3 Å². The van der Waals surface area contributed by atoms with Crippen LogP contribution in [0.4, 0.5) is 11.4 Å². The average Bonchev–Trinajstić information content (AvgIpc) is 2.26. The Balaban J connectivity index is 3.51. The summed E-state index contributed by atoms with van der Waals surface area (Å²) < 4.78 is 0. The average molecular weight is 214 g/mol. The normalized spacial score (nSPS) is 9.12. The predicted octanol–water partition coefficient (Wildman–Crippen LogP) is 1.56. The Bertz CT molecular complexity index is 430. The van der Waals surface area contributed by atoms with Gasteiger partial charge in [-0.1, -0.05) is 0 Å². The fraction of sp³-hybridized carbons (Fsp3) is 0.333. The van der Waals surface area contributed by atoms with E-state index in [4.69, 9.17) is 10.5 Å². The van der Waals surface area contributed by atoms with Crippen LogP contribution >= 0.6 is 0 Å². The topological polar surface area (TPSA) is 54.1 Å². The van der Waals surface area contributed by atoms with Gasteiger partial charge >= 0.3 is 0 Å². The van der Waals surface area contributed by atoms with Gasteiger partial charge in [-0.05, 0) is 12.1 Å². The molecule has 0 aliphatic heterocycles. The summed E-state index contributed by atoms with van der Waals surface area (Å²) >= 11 is 0. The Kier molecular flexibility index (Phi) is 3.37. The van der Waals surface area contributed by atoms with Crippen LogP contribution in [0.1, 0.15) is 11.1 Å². The second kappa shape index (κ2) is 4.55. The first kappa shape index (κ1) is 11.9. The maximum atomic E-state index is 8.95. The second-order valence-corrected chi connectivity index (χ2v) is 3.90. The van der Waals surface area contributed by atoms with Crippen LogP contribution in [-0.2, 0) is 0 Å². The largest absolute Gasteiger partial charge is 0.376 e. The molecule has 4 nitrogen and oxygen atoms in total. The van der Waals surface area contributed by atoms with Gasteiger partial charge in [0.25, 0.3) is 0 Å². The van der Waals surface area contributed by atoms with E-state index < -0.39 is 0 Å². The summed E-state index contributed by atoms with van der Waals surface area (Å²) in [4.78, 5) is 3.86. The molecular formula is C12H14N4. The van der Waals surface area contributed by atoms with E-state index in [0.29, 0.717) is 11.1 Å². The molecule has 0 heterocycles. The fourth-order valence-corrected chi connectivity index (χ4v) is 1.48. The lowest BCUT2D eigenvalue weighted by molar-refractivity contribution is 1.07. The van der Waals surface area contributed by atoms with Crippen molar-refractivity contribution in [3.8, 4) is 12.1 Å². The second-order valence-electron chi connectivity index (χ2n) is 3.90. The molecule has 0 atom stereocenters. The maximum absolute atomic E-state index is 8.95. The molecule has 0 radical (unpaired) electrons. The number of benzene rings is 1. The van der Waals surface area contributed by atoms with Gasteiger partial charge in [-0.2, -0.15) is 10.5 Å². The first-order valence-corrected chi connectivity index (χ1v) is 4.84. The molecule has 0 aliphatic rings. The van der Waals surface area contributed by atoms with Gasteiger partial charge in [0.2, 0.25) is 0 Å². The van der Waals surface area contributed by atoms with Gasteiger partial charge in [0.05, 0.1) is 22.5 Å². The van der Waals surface area contributed by atoms with Crippen molar-refractivity contribution < 1.29 is 0 Å². The smallest absolute Gasteiger partial charge is 0.101 e. The summed E-state index contributed by atoms with van der Waals surface area (Å²) in [6, 6.07) is 7.57. The first-order chi connectivity index (χ1) is 7.51. The molecule has 16 heavy (non-hydrogen) atoms. The summed E-state index contributed by atoms with van der Waals surface area (Å²) in [6.07, 6.45) is 0. The molecule has 0 spiro atoms. The van der Waals surface area contributed by atoms with Gasteiger partial charge < -0.3 is 9.80 Å². The van der Waals surface area contributed by atoms with Crippen molar-refractivity contribution in [2.24, 2.45) is 0 Å². The van der Waals surface area contributed by atoms with Crippen molar-refractivity contribution in [1.29, 1.82) is 10.5 Å². The van der Waals surface area contributed by atoms with Crippen molar-refractivity contribution in [3.63, 3.8) is 0 Å². The molecule has 4 heteroatoms. The quantitative estimate of drug-likeness (QED) is 0.749. The lowest BCUT2D eigenvalue weighted by Crippen LogP contribution is -2.17. The van der Waals surface area contributed by atoms with Crippen molar-refractivity contribution in [2.75, 3.05) is 38.0 Å². The van der Waals surface area contributed by atoms with Gasteiger partial charge in [0, 0.05) is 28.2 Å².